The Kier molecular flexibility index (Phi) is 7.79. The number of benzene rings is 1. The van der Waals surface area contributed by atoms with E-state index in [0.29, 0.717) is 10.7 Å². The molecular weight excluding hydrogens is 362 g/mol. The fourth-order valence-corrected chi connectivity index (χ4v) is 3.46. The molecule has 146 valence electrons. The molecule has 0 spiro atoms. The predicted octanol–water partition coefficient (Wildman–Crippen LogP) is 4.77. The summed E-state index contributed by atoms with van der Waals surface area (Å²) in [6.45, 7) is 6.63. The summed E-state index contributed by atoms with van der Waals surface area (Å²) in [5.41, 5.74) is 3.39. The van der Waals surface area contributed by atoms with Gasteiger partial charge in [-0.25, -0.2) is 4.98 Å². The zero-order valence-corrected chi connectivity index (χ0v) is 16.9. The van der Waals surface area contributed by atoms with Crippen LogP contribution in [0.25, 0.3) is 0 Å². The minimum atomic E-state index is -0.735. The standard InChI is InChI=1S/C20H27N3O3S/c1-13-9-10-16(21-11-7-5-4-6-8-18(24)25)12-17(13)19(26)23-20-22-14(2)15(3)27-20/h9-10,12,21H,4-8,11H2,1-3H3,(H,24,25)(H,22,23,26). The van der Waals surface area contributed by atoms with E-state index >= 15 is 0 Å². The van der Waals surface area contributed by atoms with Gasteiger partial charge in [0.2, 0.25) is 0 Å². The van der Waals surface area contributed by atoms with Gasteiger partial charge in [0.15, 0.2) is 5.13 Å². The van der Waals surface area contributed by atoms with Crippen LogP contribution in [-0.4, -0.2) is 28.5 Å². The lowest BCUT2D eigenvalue weighted by atomic mass is 10.1. The average molecular weight is 390 g/mol. The maximum Gasteiger partial charge on any atom is 0.303 e. The van der Waals surface area contributed by atoms with E-state index in [9.17, 15) is 9.59 Å². The molecule has 1 amide bonds. The number of thiazole rings is 1. The Balaban J connectivity index is 1.85. The van der Waals surface area contributed by atoms with Crippen molar-refractivity contribution < 1.29 is 14.7 Å². The number of carboxylic acids is 1. The molecular formula is C20H27N3O3S. The molecule has 0 bridgehead atoms. The molecule has 0 saturated heterocycles. The Hall–Kier alpha value is -2.41. The molecule has 0 aliphatic heterocycles. The molecule has 1 aromatic carbocycles. The van der Waals surface area contributed by atoms with Crippen LogP contribution < -0.4 is 10.6 Å². The maximum absolute atomic E-state index is 12.6. The summed E-state index contributed by atoms with van der Waals surface area (Å²) in [7, 11) is 0. The van der Waals surface area contributed by atoms with Crippen LogP contribution in [0, 0.1) is 20.8 Å². The molecule has 0 atom stereocenters. The van der Waals surface area contributed by atoms with Gasteiger partial charge in [0.25, 0.3) is 5.91 Å². The molecule has 27 heavy (non-hydrogen) atoms. The molecule has 0 unspecified atom stereocenters. The smallest absolute Gasteiger partial charge is 0.303 e. The van der Waals surface area contributed by atoms with Gasteiger partial charge in [-0.2, -0.15) is 0 Å². The molecule has 1 aromatic heterocycles. The summed E-state index contributed by atoms with van der Waals surface area (Å²) in [4.78, 5) is 28.5. The lowest BCUT2D eigenvalue weighted by molar-refractivity contribution is -0.137. The van der Waals surface area contributed by atoms with Crippen LogP contribution in [0.5, 0.6) is 0 Å². The van der Waals surface area contributed by atoms with Gasteiger partial charge in [-0.15, -0.1) is 11.3 Å². The molecule has 3 N–H and O–H groups in total. The Morgan fingerprint density at radius 1 is 1.11 bits per heavy atom. The van der Waals surface area contributed by atoms with Crippen molar-refractivity contribution in [1.29, 1.82) is 0 Å². The lowest BCUT2D eigenvalue weighted by Crippen LogP contribution is -2.14. The number of aliphatic carboxylic acids is 1. The van der Waals surface area contributed by atoms with Gasteiger partial charge >= 0.3 is 5.97 Å². The number of aryl methyl sites for hydroxylation is 3. The number of rotatable bonds is 10. The van der Waals surface area contributed by atoms with Gasteiger partial charge in [0, 0.05) is 29.1 Å². The minimum Gasteiger partial charge on any atom is -0.481 e. The van der Waals surface area contributed by atoms with Gasteiger partial charge < -0.3 is 10.4 Å². The minimum absolute atomic E-state index is 0.154. The first kappa shape index (κ1) is 20.9. The number of carbonyl (C=O) groups is 2. The SMILES string of the molecule is Cc1ccc(NCCCCCCC(=O)O)cc1C(=O)Nc1nc(C)c(C)s1. The number of carboxylic acid groups (broad SMARTS) is 1. The van der Waals surface area contributed by atoms with Crippen molar-refractivity contribution in [3.8, 4) is 0 Å². The van der Waals surface area contributed by atoms with Gasteiger partial charge in [0.05, 0.1) is 5.69 Å². The second-order valence-corrected chi connectivity index (χ2v) is 7.83. The molecule has 2 rings (SSSR count). The van der Waals surface area contributed by atoms with Crippen molar-refractivity contribution in [3.63, 3.8) is 0 Å². The number of unbranched alkanes of at least 4 members (excludes halogenated alkanes) is 3. The third-order valence-corrected chi connectivity index (χ3v) is 5.37. The Morgan fingerprint density at radius 2 is 1.85 bits per heavy atom. The highest BCUT2D eigenvalue weighted by Gasteiger charge is 2.13. The van der Waals surface area contributed by atoms with E-state index < -0.39 is 5.97 Å². The Morgan fingerprint density at radius 3 is 2.52 bits per heavy atom. The highest BCUT2D eigenvalue weighted by atomic mass is 32.1. The maximum atomic E-state index is 12.6. The fraction of sp³-hybridized carbons (Fsp3) is 0.450. The first-order valence-electron chi connectivity index (χ1n) is 9.18. The van der Waals surface area contributed by atoms with E-state index in [2.05, 4.69) is 15.6 Å². The highest BCUT2D eigenvalue weighted by molar-refractivity contribution is 7.15. The summed E-state index contributed by atoms with van der Waals surface area (Å²) < 4.78 is 0. The molecule has 0 radical (unpaired) electrons. The van der Waals surface area contributed by atoms with Gasteiger partial charge in [0.1, 0.15) is 0 Å². The van der Waals surface area contributed by atoms with Crippen molar-refractivity contribution in [2.75, 3.05) is 17.2 Å². The predicted molar refractivity (Wildman–Crippen MR) is 110 cm³/mol. The second kappa shape index (κ2) is 10.1. The zero-order chi connectivity index (χ0) is 19.8. The van der Waals surface area contributed by atoms with Gasteiger partial charge in [-0.1, -0.05) is 18.9 Å². The van der Waals surface area contributed by atoms with Crippen molar-refractivity contribution >= 4 is 34.0 Å². The molecule has 0 saturated carbocycles. The highest BCUT2D eigenvalue weighted by Crippen LogP contribution is 2.23. The summed E-state index contributed by atoms with van der Waals surface area (Å²) >= 11 is 1.48. The lowest BCUT2D eigenvalue weighted by Gasteiger charge is -2.10. The fourth-order valence-electron chi connectivity index (χ4n) is 2.65. The Labute approximate surface area is 164 Å². The van der Waals surface area contributed by atoms with Crippen molar-refractivity contribution in [2.24, 2.45) is 0 Å². The first-order valence-corrected chi connectivity index (χ1v) is 10.00. The molecule has 2 aromatic rings. The summed E-state index contributed by atoms with van der Waals surface area (Å²) in [6, 6.07) is 5.76. The number of anilines is 2. The first-order chi connectivity index (χ1) is 12.9. The molecule has 0 aliphatic rings. The summed E-state index contributed by atoms with van der Waals surface area (Å²) in [6.07, 6.45) is 3.83. The molecule has 6 nitrogen and oxygen atoms in total. The second-order valence-electron chi connectivity index (χ2n) is 6.63. The molecule has 0 fully saturated rings. The monoisotopic (exact) mass is 389 g/mol. The van der Waals surface area contributed by atoms with E-state index in [1.165, 1.54) is 11.3 Å². The topological polar surface area (TPSA) is 91.3 Å². The summed E-state index contributed by atoms with van der Waals surface area (Å²) in [5.74, 6) is -0.889. The normalized spacial score (nSPS) is 10.6. The average Bonchev–Trinajstić information content (AvgIpc) is 2.92. The molecule has 7 heteroatoms. The van der Waals surface area contributed by atoms with E-state index in [0.717, 1.165) is 54.0 Å². The zero-order valence-electron chi connectivity index (χ0n) is 16.1. The van der Waals surface area contributed by atoms with Crippen molar-refractivity contribution in [2.45, 2.75) is 52.9 Å². The number of hydrogen-bond donors (Lipinski definition) is 3. The molecule has 1 heterocycles. The van der Waals surface area contributed by atoms with Crippen LogP contribution in [0.1, 0.15) is 58.6 Å². The van der Waals surface area contributed by atoms with Crippen molar-refractivity contribution in [3.05, 3.63) is 39.9 Å². The summed E-state index contributed by atoms with van der Waals surface area (Å²) in [5, 5.41) is 15.5. The number of aromatic nitrogens is 1. The van der Waals surface area contributed by atoms with E-state index in [1.807, 2.05) is 39.0 Å². The third-order valence-electron chi connectivity index (χ3n) is 4.38. The van der Waals surface area contributed by atoms with Gasteiger partial charge in [-0.05, 0) is 51.3 Å². The van der Waals surface area contributed by atoms with E-state index in [4.69, 9.17) is 5.11 Å². The van der Waals surface area contributed by atoms with Crippen LogP contribution in [-0.2, 0) is 4.79 Å². The van der Waals surface area contributed by atoms with Crippen LogP contribution in [0.15, 0.2) is 18.2 Å². The van der Waals surface area contributed by atoms with Crippen LogP contribution in [0.2, 0.25) is 0 Å². The number of nitrogens with one attached hydrogen (secondary N) is 2. The number of hydrogen-bond acceptors (Lipinski definition) is 5. The Bertz CT molecular complexity index is 782. The number of nitrogens with zero attached hydrogens (tertiary/aromatic N) is 1. The third kappa shape index (κ3) is 6.67. The van der Waals surface area contributed by atoms with E-state index in [1.54, 1.807) is 0 Å². The van der Waals surface area contributed by atoms with E-state index in [-0.39, 0.29) is 12.3 Å². The largest absolute Gasteiger partial charge is 0.481 e. The van der Waals surface area contributed by atoms with Crippen LogP contribution in [0.4, 0.5) is 10.8 Å². The number of amides is 1. The van der Waals surface area contributed by atoms with Gasteiger partial charge in [-0.3, -0.25) is 14.9 Å². The molecule has 0 aliphatic carbocycles. The number of carbonyl (C=O) groups excluding carboxylic acids is 1. The van der Waals surface area contributed by atoms with Crippen molar-refractivity contribution in [1.82, 2.24) is 4.98 Å². The van der Waals surface area contributed by atoms with Crippen LogP contribution >= 0.6 is 11.3 Å². The quantitative estimate of drug-likeness (QED) is 0.509. The van der Waals surface area contributed by atoms with Crippen LogP contribution in [0.3, 0.4) is 0 Å².